The van der Waals surface area contributed by atoms with Crippen molar-refractivity contribution in [3.63, 3.8) is 0 Å². The average Bonchev–Trinajstić information content (AvgIpc) is 2.63. The van der Waals surface area contributed by atoms with E-state index in [1.165, 1.54) is 0 Å². The van der Waals surface area contributed by atoms with Crippen LogP contribution in [0, 0.1) is 5.41 Å². The van der Waals surface area contributed by atoms with Crippen LogP contribution < -0.4 is 0 Å². The van der Waals surface area contributed by atoms with Crippen LogP contribution in [0.5, 0.6) is 0 Å². The summed E-state index contributed by atoms with van der Waals surface area (Å²) in [6.07, 6.45) is 2.42. The molecule has 0 amide bonds. The molecule has 0 aromatic rings. The molecule has 0 fully saturated rings. The van der Waals surface area contributed by atoms with E-state index in [0.29, 0.717) is 13.0 Å². The molecule has 0 saturated carbocycles. The summed E-state index contributed by atoms with van der Waals surface area (Å²) in [5.41, 5.74) is -0.332. The molecule has 4 nitrogen and oxygen atoms in total. The predicted octanol–water partition coefficient (Wildman–Crippen LogP) is 2.91. The molecule has 0 N–H and O–H groups in total. The summed E-state index contributed by atoms with van der Waals surface area (Å²) in [4.78, 5) is 17.6. The normalized spacial score (nSPS) is 24.2. The van der Waals surface area contributed by atoms with Gasteiger partial charge in [-0.15, -0.1) is 0 Å². The Morgan fingerprint density at radius 2 is 2.12 bits per heavy atom. The third-order valence-electron chi connectivity index (χ3n) is 3.14. The molecule has 0 aromatic heterocycles. The first-order valence-electron chi connectivity index (χ1n) is 6.28. The van der Waals surface area contributed by atoms with Crippen molar-refractivity contribution in [2.45, 2.75) is 59.5 Å². The lowest BCUT2D eigenvalue weighted by atomic mass is 9.73. The largest absolute Gasteiger partial charge is 0.463 e. The van der Waals surface area contributed by atoms with Crippen LogP contribution in [0.1, 0.15) is 53.9 Å². The van der Waals surface area contributed by atoms with Crippen molar-refractivity contribution in [2.75, 3.05) is 6.61 Å². The number of hydrogen-bond acceptors (Lipinski definition) is 4. The Labute approximate surface area is 103 Å². The van der Waals surface area contributed by atoms with Crippen molar-refractivity contribution >= 4 is 11.7 Å². The molecule has 1 atom stereocenters. The molecular weight excluding hydrogens is 218 g/mol. The van der Waals surface area contributed by atoms with Gasteiger partial charge in [-0.3, -0.25) is 0 Å². The maximum atomic E-state index is 12.1. The molecule has 0 aliphatic carbocycles. The summed E-state index contributed by atoms with van der Waals surface area (Å²) in [6, 6.07) is 0. The highest BCUT2D eigenvalue weighted by atomic mass is 16.7. The molecule has 0 radical (unpaired) electrons. The second-order valence-corrected chi connectivity index (χ2v) is 5.47. The van der Waals surface area contributed by atoms with Gasteiger partial charge in [-0.25, -0.2) is 4.79 Å². The van der Waals surface area contributed by atoms with Crippen molar-refractivity contribution in [3.05, 3.63) is 0 Å². The number of hydrogen-bond donors (Lipinski definition) is 0. The van der Waals surface area contributed by atoms with E-state index < -0.39 is 5.60 Å². The second kappa shape index (κ2) is 5.07. The molecule has 98 valence electrons. The first kappa shape index (κ1) is 14.0. The third kappa shape index (κ3) is 2.61. The van der Waals surface area contributed by atoms with Gasteiger partial charge < -0.3 is 9.57 Å². The lowest BCUT2D eigenvalue weighted by Gasteiger charge is -2.36. The van der Waals surface area contributed by atoms with E-state index in [1.807, 2.05) is 20.8 Å². The lowest BCUT2D eigenvalue weighted by molar-refractivity contribution is -0.183. The number of ether oxygens (including phenoxy) is 1. The fraction of sp³-hybridized carbons (Fsp3) is 0.846. The molecule has 0 aromatic carbocycles. The Morgan fingerprint density at radius 1 is 1.47 bits per heavy atom. The lowest BCUT2D eigenvalue weighted by Crippen LogP contribution is -2.51. The highest BCUT2D eigenvalue weighted by molar-refractivity contribution is 5.94. The zero-order chi connectivity index (χ0) is 13.1. The summed E-state index contributed by atoms with van der Waals surface area (Å²) in [5.74, 6) is -0.303. The minimum Gasteiger partial charge on any atom is -0.463 e. The summed E-state index contributed by atoms with van der Waals surface area (Å²) in [5, 5.41) is 4.06. The van der Waals surface area contributed by atoms with E-state index in [2.05, 4.69) is 12.1 Å². The molecule has 1 unspecified atom stereocenters. The molecule has 1 aliphatic heterocycles. The van der Waals surface area contributed by atoms with Gasteiger partial charge in [0.1, 0.15) is 0 Å². The van der Waals surface area contributed by atoms with Gasteiger partial charge in [-0.05, 0) is 13.3 Å². The number of nitrogens with zero attached hydrogens (tertiary/aromatic N) is 1. The number of carbonyl (C=O) groups is 1. The summed E-state index contributed by atoms with van der Waals surface area (Å²) >= 11 is 0. The van der Waals surface area contributed by atoms with Gasteiger partial charge in [-0.1, -0.05) is 39.3 Å². The van der Waals surface area contributed by atoms with Gasteiger partial charge in [0.2, 0.25) is 5.60 Å². The summed E-state index contributed by atoms with van der Waals surface area (Å²) in [6.45, 7) is 10.2. The molecular formula is C13H23NO3. The highest BCUT2D eigenvalue weighted by Gasteiger charge is 2.56. The molecule has 1 heterocycles. The van der Waals surface area contributed by atoms with E-state index in [0.717, 1.165) is 18.6 Å². The van der Waals surface area contributed by atoms with Gasteiger partial charge in [-0.2, -0.15) is 0 Å². The fourth-order valence-corrected chi connectivity index (χ4v) is 1.98. The Kier molecular flexibility index (Phi) is 4.17. The number of carbonyl (C=O) groups excluding carboxylic acids is 1. The summed E-state index contributed by atoms with van der Waals surface area (Å²) in [7, 11) is 0. The molecule has 0 spiro atoms. The van der Waals surface area contributed by atoms with Crippen LogP contribution in [0.25, 0.3) is 0 Å². The van der Waals surface area contributed by atoms with Gasteiger partial charge in [0.15, 0.2) is 0 Å². The minimum absolute atomic E-state index is 0.303. The SMILES string of the molecule is CCCC1=NOC(C(=O)OCC)(C(C)(C)C)C1. The topological polar surface area (TPSA) is 47.9 Å². The van der Waals surface area contributed by atoms with Crippen molar-refractivity contribution in [3.8, 4) is 0 Å². The Morgan fingerprint density at radius 3 is 2.59 bits per heavy atom. The van der Waals surface area contributed by atoms with Crippen molar-refractivity contribution in [1.82, 2.24) is 0 Å². The molecule has 0 bridgehead atoms. The van der Waals surface area contributed by atoms with Crippen LogP contribution in [0.3, 0.4) is 0 Å². The van der Waals surface area contributed by atoms with Gasteiger partial charge in [0.25, 0.3) is 0 Å². The van der Waals surface area contributed by atoms with Crippen LogP contribution in [-0.2, 0) is 14.4 Å². The molecule has 0 saturated heterocycles. The quantitative estimate of drug-likeness (QED) is 0.711. The van der Waals surface area contributed by atoms with Crippen LogP contribution in [0.2, 0.25) is 0 Å². The monoisotopic (exact) mass is 241 g/mol. The van der Waals surface area contributed by atoms with Crippen LogP contribution in [0.4, 0.5) is 0 Å². The van der Waals surface area contributed by atoms with Crippen LogP contribution >= 0.6 is 0 Å². The van der Waals surface area contributed by atoms with Crippen molar-refractivity contribution in [2.24, 2.45) is 10.6 Å². The molecule has 17 heavy (non-hydrogen) atoms. The van der Waals surface area contributed by atoms with Gasteiger partial charge in [0, 0.05) is 11.8 Å². The number of oxime groups is 1. The molecule has 1 rings (SSSR count). The van der Waals surface area contributed by atoms with Gasteiger partial charge in [0.05, 0.1) is 12.3 Å². The zero-order valence-corrected chi connectivity index (χ0v) is 11.5. The number of rotatable bonds is 4. The maximum absolute atomic E-state index is 12.1. The highest BCUT2D eigenvalue weighted by Crippen LogP contribution is 2.42. The van der Waals surface area contributed by atoms with E-state index >= 15 is 0 Å². The van der Waals surface area contributed by atoms with Crippen molar-refractivity contribution < 1.29 is 14.4 Å². The Bertz CT molecular complexity index is 317. The molecule has 1 aliphatic rings. The van der Waals surface area contributed by atoms with E-state index in [-0.39, 0.29) is 11.4 Å². The Balaban J connectivity index is 2.90. The number of esters is 1. The summed E-state index contributed by atoms with van der Waals surface area (Å²) < 4.78 is 5.14. The van der Waals surface area contributed by atoms with Crippen LogP contribution in [-0.4, -0.2) is 23.9 Å². The van der Waals surface area contributed by atoms with E-state index in [4.69, 9.17) is 9.57 Å². The first-order chi connectivity index (χ1) is 7.87. The van der Waals surface area contributed by atoms with Crippen molar-refractivity contribution in [1.29, 1.82) is 0 Å². The molecule has 4 heteroatoms. The average molecular weight is 241 g/mol. The zero-order valence-electron chi connectivity index (χ0n) is 11.5. The van der Waals surface area contributed by atoms with E-state index in [9.17, 15) is 4.79 Å². The Hall–Kier alpha value is -1.06. The smallest absolute Gasteiger partial charge is 0.354 e. The second-order valence-electron chi connectivity index (χ2n) is 5.47. The third-order valence-corrected chi connectivity index (χ3v) is 3.14. The first-order valence-corrected chi connectivity index (χ1v) is 6.28. The van der Waals surface area contributed by atoms with Crippen LogP contribution in [0.15, 0.2) is 5.16 Å². The maximum Gasteiger partial charge on any atom is 0.354 e. The minimum atomic E-state index is -0.951. The fourth-order valence-electron chi connectivity index (χ4n) is 1.98. The predicted molar refractivity (Wildman–Crippen MR) is 66.9 cm³/mol. The van der Waals surface area contributed by atoms with Gasteiger partial charge >= 0.3 is 5.97 Å². The standard InChI is InChI=1S/C13H23NO3/c1-6-8-10-9-13(17-14-10,12(3,4)5)11(15)16-7-2/h6-9H2,1-5H3. The van der Waals surface area contributed by atoms with E-state index in [1.54, 1.807) is 6.92 Å².